The predicted molar refractivity (Wildman–Crippen MR) is 86.4 cm³/mol. The van der Waals surface area contributed by atoms with Crippen LogP contribution in [-0.2, 0) is 0 Å². The number of piperidine rings is 1. The first-order valence-electron chi connectivity index (χ1n) is 8.01. The fourth-order valence-electron chi connectivity index (χ4n) is 3.24. The van der Waals surface area contributed by atoms with Crippen LogP contribution in [-0.4, -0.2) is 37.1 Å². The zero-order valence-corrected chi connectivity index (χ0v) is 13.5. The van der Waals surface area contributed by atoms with Gasteiger partial charge in [-0.15, -0.1) is 0 Å². The van der Waals surface area contributed by atoms with Gasteiger partial charge in [-0.3, -0.25) is 4.90 Å². The van der Waals surface area contributed by atoms with Gasteiger partial charge in [0, 0.05) is 26.3 Å². The number of aromatic nitrogens is 1. The Bertz CT molecular complexity index is 428. The lowest BCUT2D eigenvalue weighted by Gasteiger charge is -2.36. The maximum absolute atomic E-state index is 4.67. The van der Waals surface area contributed by atoms with Crippen LogP contribution in [0.2, 0.25) is 0 Å². The Morgan fingerprint density at radius 3 is 2.80 bits per heavy atom. The summed E-state index contributed by atoms with van der Waals surface area (Å²) in [7, 11) is 4.12. The van der Waals surface area contributed by atoms with E-state index in [0.29, 0.717) is 6.04 Å². The first kappa shape index (κ1) is 15.3. The number of pyridine rings is 1. The molecule has 1 saturated heterocycles. The Kier molecular flexibility index (Phi) is 5.41. The van der Waals surface area contributed by atoms with Crippen molar-refractivity contribution >= 4 is 5.82 Å². The molecule has 1 aromatic rings. The number of rotatable bonds is 5. The van der Waals surface area contributed by atoms with Gasteiger partial charge < -0.3 is 4.90 Å². The molecule has 1 atom stereocenters. The number of aryl methyl sites for hydroxylation is 1. The van der Waals surface area contributed by atoms with Crippen molar-refractivity contribution in [2.75, 3.05) is 32.1 Å². The van der Waals surface area contributed by atoms with Crippen molar-refractivity contribution in [1.29, 1.82) is 0 Å². The highest BCUT2D eigenvalue weighted by molar-refractivity contribution is 5.46. The van der Waals surface area contributed by atoms with Crippen molar-refractivity contribution in [3.8, 4) is 0 Å². The van der Waals surface area contributed by atoms with Crippen molar-refractivity contribution in [2.45, 2.75) is 52.0 Å². The van der Waals surface area contributed by atoms with E-state index in [1.807, 2.05) is 0 Å². The van der Waals surface area contributed by atoms with E-state index in [4.69, 9.17) is 0 Å². The molecule has 0 radical (unpaired) electrons. The highest BCUT2D eigenvalue weighted by Gasteiger charge is 2.24. The lowest BCUT2D eigenvalue weighted by atomic mass is 9.95. The highest BCUT2D eigenvalue weighted by Crippen LogP contribution is 2.32. The third kappa shape index (κ3) is 3.51. The van der Waals surface area contributed by atoms with Gasteiger partial charge in [0.05, 0.1) is 0 Å². The van der Waals surface area contributed by atoms with E-state index < -0.39 is 0 Å². The normalized spacial score (nSPS) is 20.1. The maximum atomic E-state index is 4.67. The summed E-state index contributed by atoms with van der Waals surface area (Å²) in [5.41, 5.74) is 2.69. The first-order chi connectivity index (χ1) is 9.63. The largest absolute Gasteiger partial charge is 0.363 e. The Morgan fingerprint density at radius 1 is 1.35 bits per heavy atom. The van der Waals surface area contributed by atoms with Crippen LogP contribution in [0.1, 0.15) is 56.2 Å². The monoisotopic (exact) mass is 275 g/mol. The van der Waals surface area contributed by atoms with Gasteiger partial charge in [0.15, 0.2) is 0 Å². The molecule has 2 rings (SSSR count). The van der Waals surface area contributed by atoms with Crippen LogP contribution < -0.4 is 4.90 Å². The maximum Gasteiger partial charge on any atom is 0.130 e. The molecule has 0 aliphatic carbocycles. The SMILES string of the molecule is CCCCN1CCCCC1c1cnc(N(C)C)c(C)c1. The van der Waals surface area contributed by atoms with Crippen LogP contribution in [0.5, 0.6) is 0 Å². The summed E-state index contributed by atoms with van der Waals surface area (Å²) in [5, 5.41) is 0. The van der Waals surface area contributed by atoms with E-state index in [1.165, 1.54) is 56.3 Å². The van der Waals surface area contributed by atoms with E-state index in [1.54, 1.807) is 0 Å². The molecule has 2 heterocycles. The lowest BCUT2D eigenvalue weighted by molar-refractivity contribution is 0.146. The molecule has 1 aromatic heterocycles. The number of anilines is 1. The standard InChI is InChI=1S/C17H29N3/c1-5-6-10-20-11-8-7-9-16(20)15-12-14(2)17(18-13-15)19(3)4/h12-13,16H,5-11H2,1-4H3. The molecule has 20 heavy (non-hydrogen) atoms. The molecule has 0 bridgehead atoms. The fourth-order valence-corrected chi connectivity index (χ4v) is 3.24. The third-order valence-electron chi connectivity index (χ3n) is 4.29. The number of likely N-dealkylation sites (tertiary alicyclic amines) is 1. The van der Waals surface area contributed by atoms with Gasteiger partial charge in [0.2, 0.25) is 0 Å². The van der Waals surface area contributed by atoms with E-state index in [9.17, 15) is 0 Å². The topological polar surface area (TPSA) is 19.4 Å². The molecule has 0 saturated carbocycles. The zero-order valence-electron chi connectivity index (χ0n) is 13.5. The van der Waals surface area contributed by atoms with Gasteiger partial charge >= 0.3 is 0 Å². The van der Waals surface area contributed by atoms with Gasteiger partial charge in [-0.2, -0.15) is 0 Å². The third-order valence-corrected chi connectivity index (χ3v) is 4.29. The van der Waals surface area contributed by atoms with Crippen molar-refractivity contribution in [3.05, 3.63) is 23.4 Å². The molecule has 0 spiro atoms. The second-order valence-electron chi connectivity index (χ2n) is 6.20. The van der Waals surface area contributed by atoms with Crippen LogP contribution in [0, 0.1) is 6.92 Å². The van der Waals surface area contributed by atoms with E-state index in [2.05, 4.69) is 55.0 Å². The Hall–Kier alpha value is -1.09. The van der Waals surface area contributed by atoms with Crippen molar-refractivity contribution in [2.24, 2.45) is 0 Å². The molecule has 0 aromatic carbocycles. The van der Waals surface area contributed by atoms with E-state index in [-0.39, 0.29) is 0 Å². The zero-order chi connectivity index (χ0) is 14.5. The quantitative estimate of drug-likeness (QED) is 0.815. The van der Waals surface area contributed by atoms with E-state index >= 15 is 0 Å². The van der Waals surface area contributed by atoms with Crippen molar-refractivity contribution in [1.82, 2.24) is 9.88 Å². The summed E-state index contributed by atoms with van der Waals surface area (Å²) in [6.45, 7) is 6.93. The first-order valence-corrected chi connectivity index (χ1v) is 8.01. The van der Waals surface area contributed by atoms with E-state index in [0.717, 1.165) is 5.82 Å². The van der Waals surface area contributed by atoms with Gasteiger partial charge in [-0.1, -0.05) is 19.8 Å². The van der Waals surface area contributed by atoms with Crippen LogP contribution in [0.4, 0.5) is 5.82 Å². The number of hydrogen-bond donors (Lipinski definition) is 0. The molecule has 112 valence electrons. The molecular weight excluding hydrogens is 246 g/mol. The molecule has 3 heteroatoms. The average molecular weight is 275 g/mol. The van der Waals surface area contributed by atoms with Gasteiger partial charge in [-0.25, -0.2) is 4.98 Å². The number of hydrogen-bond acceptors (Lipinski definition) is 3. The summed E-state index contributed by atoms with van der Waals surface area (Å²) < 4.78 is 0. The van der Waals surface area contributed by atoms with Crippen molar-refractivity contribution in [3.63, 3.8) is 0 Å². The minimum atomic E-state index is 0.581. The summed E-state index contributed by atoms with van der Waals surface area (Å²) in [5.74, 6) is 1.09. The lowest BCUT2D eigenvalue weighted by Crippen LogP contribution is -2.34. The van der Waals surface area contributed by atoms with Crippen LogP contribution in [0.3, 0.4) is 0 Å². The average Bonchev–Trinajstić information content (AvgIpc) is 2.45. The summed E-state index contributed by atoms with van der Waals surface area (Å²) >= 11 is 0. The fraction of sp³-hybridized carbons (Fsp3) is 0.706. The van der Waals surface area contributed by atoms with Gasteiger partial charge in [0.1, 0.15) is 5.82 Å². The van der Waals surface area contributed by atoms with Gasteiger partial charge in [-0.05, 0) is 56.5 Å². The molecule has 1 fully saturated rings. The molecule has 0 N–H and O–H groups in total. The van der Waals surface area contributed by atoms with Gasteiger partial charge in [0.25, 0.3) is 0 Å². The molecule has 1 aliphatic heterocycles. The molecule has 1 aliphatic rings. The molecular formula is C17H29N3. The van der Waals surface area contributed by atoms with Crippen LogP contribution >= 0.6 is 0 Å². The van der Waals surface area contributed by atoms with Crippen LogP contribution in [0.25, 0.3) is 0 Å². The van der Waals surface area contributed by atoms with Crippen molar-refractivity contribution < 1.29 is 0 Å². The molecule has 3 nitrogen and oxygen atoms in total. The Morgan fingerprint density at radius 2 is 2.15 bits per heavy atom. The Labute approximate surface area is 124 Å². The summed E-state index contributed by atoms with van der Waals surface area (Å²) in [6.07, 6.45) is 8.66. The molecule has 0 amide bonds. The highest BCUT2D eigenvalue weighted by atomic mass is 15.2. The van der Waals surface area contributed by atoms with Crippen LogP contribution in [0.15, 0.2) is 12.3 Å². The predicted octanol–water partition coefficient (Wildman–Crippen LogP) is 3.78. The second-order valence-corrected chi connectivity index (χ2v) is 6.20. The summed E-state index contributed by atoms with van der Waals surface area (Å²) in [4.78, 5) is 9.42. The number of unbranched alkanes of at least 4 members (excludes halogenated alkanes) is 1. The second kappa shape index (κ2) is 7.07. The summed E-state index contributed by atoms with van der Waals surface area (Å²) in [6, 6.07) is 2.93. The number of nitrogens with zero attached hydrogens (tertiary/aromatic N) is 3. The smallest absolute Gasteiger partial charge is 0.130 e. The molecule has 1 unspecified atom stereocenters. The minimum absolute atomic E-state index is 0.581. The Balaban J connectivity index is 2.17. The minimum Gasteiger partial charge on any atom is -0.363 e.